The number of fused-ring (bicyclic) bond motifs is 1. The third kappa shape index (κ3) is 5.11. The Labute approximate surface area is 139 Å². The Hall–Kier alpha value is -1.26. The van der Waals surface area contributed by atoms with Gasteiger partial charge in [0.05, 0.1) is 12.5 Å². The van der Waals surface area contributed by atoms with Gasteiger partial charge in [-0.05, 0) is 42.9 Å². The van der Waals surface area contributed by atoms with E-state index in [2.05, 4.69) is 34.6 Å². The van der Waals surface area contributed by atoms with Crippen LogP contribution in [0.5, 0.6) is 0 Å². The third-order valence-corrected chi connectivity index (χ3v) is 4.74. The highest BCUT2D eigenvalue weighted by molar-refractivity contribution is 5.72. The molecule has 2 rings (SSSR count). The number of rotatable bonds is 5. The van der Waals surface area contributed by atoms with E-state index in [9.17, 15) is 9.59 Å². The molecule has 0 spiro atoms. The van der Waals surface area contributed by atoms with Gasteiger partial charge in [-0.2, -0.15) is 0 Å². The summed E-state index contributed by atoms with van der Waals surface area (Å²) in [7, 11) is 0. The predicted molar refractivity (Wildman–Crippen MR) is 85.8 cm³/mol. The van der Waals surface area contributed by atoms with Crippen LogP contribution in [0.4, 0.5) is 4.79 Å². The first-order valence-electron chi connectivity index (χ1n) is 8.69. The van der Waals surface area contributed by atoms with Gasteiger partial charge < -0.3 is 14.2 Å². The van der Waals surface area contributed by atoms with Gasteiger partial charge in [0.1, 0.15) is 12.2 Å². The first-order valence-corrected chi connectivity index (χ1v) is 8.69. The lowest BCUT2D eigenvalue weighted by atomic mass is 9.79. The number of carbonyl (C=O) groups excluding carboxylic acids is 2. The molecule has 2 aliphatic rings. The molecule has 23 heavy (non-hydrogen) atoms. The van der Waals surface area contributed by atoms with Crippen molar-refractivity contribution in [2.45, 2.75) is 72.5 Å². The lowest BCUT2D eigenvalue weighted by Gasteiger charge is -2.30. The van der Waals surface area contributed by atoms with Crippen molar-refractivity contribution in [3.05, 3.63) is 0 Å². The molecule has 1 saturated heterocycles. The van der Waals surface area contributed by atoms with E-state index in [-0.39, 0.29) is 41.3 Å². The van der Waals surface area contributed by atoms with Crippen molar-refractivity contribution in [1.82, 2.24) is 0 Å². The third-order valence-electron chi connectivity index (χ3n) is 4.74. The molecule has 2 fully saturated rings. The van der Waals surface area contributed by atoms with Crippen LogP contribution in [-0.2, 0) is 19.0 Å². The summed E-state index contributed by atoms with van der Waals surface area (Å²) in [5, 5.41) is 0. The van der Waals surface area contributed by atoms with Gasteiger partial charge in [-0.3, -0.25) is 4.79 Å². The zero-order valence-electron chi connectivity index (χ0n) is 15.0. The molecule has 0 N–H and O–H groups in total. The second-order valence-electron chi connectivity index (χ2n) is 8.49. The van der Waals surface area contributed by atoms with Gasteiger partial charge in [-0.15, -0.1) is 0 Å². The predicted octanol–water partition coefficient (Wildman–Crippen LogP) is 3.94. The standard InChI is InChI=1S/C18H30O5/c1-11(2)13(9-18(3,4)5)16(19)21-10-12-6-7-14-15(8-12)23-17(20)22-14/h11-15H,6-10H2,1-5H3. The van der Waals surface area contributed by atoms with Crippen LogP contribution in [-0.4, -0.2) is 30.9 Å². The minimum atomic E-state index is -0.567. The van der Waals surface area contributed by atoms with E-state index < -0.39 is 6.16 Å². The van der Waals surface area contributed by atoms with Crippen LogP contribution >= 0.6 is 0 Å². The molecule has 1 aliphatic heterocycles. The first kappa shape index (κ1) is 18.1. The van der Waals surface area contributed by atoms with Gasteiger partial charge in [-0.25, -0.2) is 4.79 Å². The van der Waals surface area contributed by atoms with Gasteiger partial charge in [0.2, 0.25) is 0 Å². The maximum atomic E-state index is 12.5. The van der Waals surface area contributed by atoms with Crippen LogP contribution in [0.3, 0.4) is 0 Å². The fourth-order valence-corrected chi connectivity index (χ4v) is 3.43. The number of ether oxygens (including phenoxy) is 3. The molecular formula is C18H30O5. The highest BCUT2D eigenvalue weighted by Gasteiger charge is 2.42. The first-order chi connectivity index (χ1) is 10.7. The van der Waals surface area contributed by atoms with E-state index in [4.69, 9.17) is 14.2 Å². The van der Waals surface area contributed by atoms with Crippen LogP contribution in [0.15, 0.2) is 0 Å². The van der Waals surface area contributed by atoms with Gasteiger partial charge >= 0.3 is 12.1 Å². The molecule has 0 aromatic carbocycles. The van der Waals surface area contributed by atoms with Crippen molar-refractivity contribution < 1.29 is 23.8 Å². The van der Waals surface area contributed by atoms with Crippen molar-refractivity contribution in [1.29, 1.82) is 0 Å². The minimum absolute atomic E-state index is 0.0704. The molecular weight excluding hydrogens is 296 g/mol. The molecule has 132 valence electrons. The van der Waals surface area contributed by atoms with E-state index in [1.165, 1.54) is 0 Å². The molecule has 0 amide bonds. The van der Waals surface area contributed by atoms with Crippen LogP contribution in [0.2, 0.25) is 0 Å². The van der Waals surface area contributed by atoms with Gasteiger partial charge in [0.25, 0.3) is 0 Å². The normalized spacial score (nSPS) is 28.8. The van der Waals surface area contributed by atoms with Crippen LogP contribution in [0, 0.1) is 23.2 Å². The second-order valence-corrected chi connectivity index (χ2v) is 8.49. The lowest BCUT2D eigenvalue weighted by molar-refractivity contribution is -0.153. The van der Waals surface area contributed by atoms with Gasteiger partial charge in [-0.1, -0.05) is 34.6 Å². The summed E-state index contributed by atoms with van der Waals surface area (Å²) in [5.74, 6) is 0.342. The summed E-state index contributed by atoms with van der Waals surface area (Å²) in [6.45, 7) is 11.0. The van der Waals surface area contributed by atoms with Gasteiger partial charge in [0.15, 0.2) is 0 Å². The number of hydrogen-bond acceptors (Lipinski definition) is 5. The molecule has 5 nitrogen and oxygen atoms in total. The Morgan fingerprint density at radius 1 is 1.22 bits per heavy atom. The molecule has 0 radical (unpaired) electrons. The van der Waals surface area contributed by atoms with Crippen molar-refractivity contribution >= 4 is 12.1 Å². The van der Waals surface area contributed by atoms with Crippen LogP contribution in [0.25, 0.3) is 0 Å². The molecule has 4 atom stereocenters. The molecule has 1 aliphatic carbocycles. The zero-order chi connectivity index (χ0) is 17.2. The fourth-order valence-electron chi connectivity index (χ4n) is 3.43. The number of hydrogen-bond donors (Lipinski definition) is 0. The van der Waals surface area contributed by atoms with Crippen molar-refractivity contribution in [3.8, 4) is 0 Å². The Morgan fingerprint density at radius 3 is 2.48 bits per heavy atom. The van der Waals surface area contributed by atoms with Gasteiger partial charge in [0, 0.05) is 0 Å². The highest BCUT2D eigenvalue weighted by atomic mass is 16.8. The van der Waals surface area contributed by atoms with E-state index in [1.807, 2.05) is 0 Å². The Kier molecular flexibility index (Phi) is 5.58. The molecule has 5 heteroatoms. The molecule has 0 aromatic heterocycles. The number of carbonyl (C=O) groups is 2. The molecule has 1 saturated carbocycles. The number of esters is 1. The van der Waals surface area contributed by atoms with Crippen LogP contribution in [0.1, 0.15) is 60.3 Å². The van der Waals surface area contributed by atoms with E-state index in [0.29, 0.717) is 6.61 Å². The second kappa shape index (κ2) is 7.10. The smallest absolute Gasteiger partial charge is 0.465 e. The van der Waals surface area contributed by atoms with E-state index in [0.717, 1.165) is 25.7 Å². The average molecular weight is 326 g/mol. The largest absolute Gasteiger partial charge is 0.509 e. The minimum Gasteiger partial charge on any atom is -0.465 e. The topological polar surface area (TPSA) is 61.8 Å². The van der Waals surface area contributed by atoms with Crippen molar-refractivity contribution in [2.75, 3.05) is 6.61 Å². The van der Waals surface area contributed by atoms with Crippen molar-refractivity contribution in [3.63, 3.8) is 0 Å². The maximum absolute atomic E-state index is 12.5. The maximum Gasteiger partial charge on any atom is 0.509 e. The SMILES string of the molecule is CC(C)C(CC(C)(C)C)C(=O)OCC1CCC2OC(=O)OC2C1. The summed E-state index contributed by atoms with van der Waals surface area (Å²) in [5.41, 5.74) is 0.0986. The Balaban J connectivity index is 1.82. The Bertz CT molecular complexity index is 437. The zero-order valence-corrected chi connectivity index (χ0v) is 15.0. The molecule has 1 heterocycles. The summed E-state index contributed by atoms with van der Waals surface area (Å²) < 4.78 is 15.9. The molecule has 4 unspecified atom stereocenters. The average Bonchev–Trinajstić information content (AvgIpc) is 2.80. The highest BCUT2D eigenvalue weighted by Crippen LogP contribution is 2.34. The fraction of sp³-hybridized carbons (Fsp3) is 0.889. The summed E-state index contributed by atoms with van der Waals surface area (Å²) in [6.07, 6.45) is 2.38. The summed E-state index contributed by atoms with van der Waals surface area (Å²) in [4.78, 5) is 23.6. The van der Waals surface area contributed by atoms with Crippen molar-refractivity contribution in [2.24, 2.45) is 23.2 Å². The summed E-state index contributed by atoms with van der Waals surface area (Å²) in [6, 6.07) is 0. The van der Waals surface area contributed by atoms with Crippen LogP contribution < -0.4 is 0 Å². The summed E-state index contributed by atoms with van der Waals surface area (Å²) >= 11 is 0. The Morgan fingerprint density at radius 2 is 1.87 bits per heavy atom. The quantitative estimate of drug-likeness (QED) is 0.716. The van der Waals surface area contributed by atoms with E-state index >= 15 is 0 Å². The molecule has 0 aromatic rings. The lowest BCUT2D eigenvalue weighted by Crippen LogP contribution is -2.34. The monoisotopic (exact) mass is 326 g/mol. The molecule has 0 bridgehead atoms. The van der Waals surface area contributed by atoms with E-state index in [1.54, 1.807) is 0 Å².